The van der Waals surface area contributed by atoms with Gasteiger partial charge in [0.15, 0.2) is 0 Å². The monoisotopic (exact) mass is 249 g/mol. The minimum Gasteiger partial charge on any atom is -0.396 e. The number of aliphatic hydroxyl groups excluding tert-OH is 1. The summed E-state index contributed by atoms with van der Waals surface area (Å²) in [5.74, 6) is 0. The molecule has 0 radical (unpaired) electrons. The molecule has 1 fully saturated rings. The van der Waals surface area contributed by atoms with Crippen LogP contribution in [-0.4, -0.2) is 28.8 Å². The molecule has 2 unspecified atom stereocenters. The molecule has 4 nitrogen and oxygen atoms in total. The summed E-state index contributed by atoms with van der Waals surface area (Å²) in [7, 11) is 0. The second kappa shape index (κ2) is 6.05. The molecule has 0 amide bonds. The lowest BCUT2D eigenvalue weighted by Crippen LogP contribution is -2.37. The summed E-state index contributed by atoms with van der Waals surface area (Å²) in [5.41, 5.74) is 7.83. The van der Waals surface area contributed by atoms with Crippen LogP contribution < -0.4 is 10.6 Å². The molecule has 18 heavy (non-hydrogen) atoms. The van der Waals surface area contributed by atoms with Crippen molar-refractivity contribution in [3.05, 3.63) is 18.5 Å². The highest BCUT2D eigenvalue weighted by Crippen LogP contribution is 2.30. The van der Waals surface area contributed by atoms with Crippen molar-refractivity contribution in [2.75, 3.05) is 17.2 Å². The van der Waals surface area contributed by atoms with E-state index in [2.05, 4.69) is 9.88 Å². The van der Waals surface area contributed by atoms with Gasteiger partial charge < -0.3 is 15.7 Å². The predicted octanol–water partition coefficient (Wildman–Crippen LogP) is 2.18. The summed E-state index contributed by atoms with van der Waals surface area (Å²) in [6.45, 7) is 2.88. The van der Waals surface area contributed by atoms with E-state index in [1.54, 1.807) is 12.4 Å². The van der Waals surface area contributed by atoms with Crippen LogP contribution in [0.15, 0.2) is 18.5 Å². The number of anilines is 2. The Bertz CT molecular complexity index is 381. The third-order valence-electron chi connectivity index (χ3n) is 3.63. The van der Waals surface area contributed by atoms with Gasteiger partial charge in [-0.25, -0.2) is 0 Å². The second-order valence-electron chi connectivity index (χ2n) is 5.22. The Hall–Kier alpha value is -1.29. The standard InChI is InChI=1S/C14H23N3O/c1-11(18)9-12-5-3-2-4-8-17(12)14-6-7-16-10-13(14)15/h6-7,10-12,18H,2-5,8-9,15H2,1H3. The first kappa shape index (κ1) is 13.1. The van der Waals surface area contributed by atoms with Gasteiger partial charge in [0.1, 0.15) is 0 Å². The van der Waals surface area contributed by atoms with Crippen LogP contribution in [0.25, 0.3) is 0 Å². The summed E-state index contributed by atoms with van der Waals surface area (Å²) >= 11 is 0. The van der Waals surface area contributed by atoms with Gasteiger partial charge in [0.05, 0.1) is 23.7 Å². The average Bonchev–Trinajstić information content (AvgIpc) is 2.55. The molecule has 0 spiro atoms. The van der Waals surface area contributed by atoms with Crippen LogP contribution in [0.3, 0.4) is 0 Å². The lowest BCUT2D eigenvalue weighted by atomic mass is 10.0. The first-order chi connectivity index (χ1) is 8.68. The van der Waals surface area contributed by atoms with Crippen LogP contribution in [0.2, 0.25) is 0 Å². The maximum Gasteiger partial charge on any atom is 0.0738 e. The molecule has 0 aromatic carbocycles. The molecule has 2 atom stereocenters. The minimum absolute atomic E-state index is 0.265. The minimum atomic E-state index is -0.265. The van der Waals surface area contributed by atoms with E-state index in [4.69, 9.17) is 5.73 Å². The lowest BCUT2D eigenvalue weighted by molar-refractivity contribution is 0.171. The molecular weight excluding hydrogens is 226 g/mol. The van der Waals surface area contributed by atoms with E-state index < -0.39 is 0 Å². The number of nitrogens with zero attached hydrogens (tertiary/aromatic N) is 2. The lowest BCUT2D eigenvalue weighted by Gasteiger charge is -2.33. The Balaban J connectivity index is 2.22. The molecule has 3 N–H and O–H groups in total. The summed E-state index contributed by atoms with van der Waals surface area (Å²) in [5, 5.41) is 9.66. The number of nitrogens with two attached hydrogens (primary N) is 1. The molecule has 1 aliphatic rings. The van der Waals surface area contributed by atoms with Crippen LogP contribution in [0.1, 0.15) is 39.0 Å². The van der Waals surface area contributed by atoms with Crippen LogP contribution in [0.4, 0.5) is 11.4 Å². The normalized spacial score (nSPS) is 22.6. The van der Waals surface area contributed by atoms with E-state index in [0.29, 0.717) is 6.04 Å². The van der Waals surface area contributed by atoms with Crippen LogP contribution in [-0.2, 0) is 0 Å². The van der Waals surface area contributed by atoms with Crippen molar-refractivity contribution >= 4 is 11.4 Å². The molecule has 100 valence electrons. The quantitative estimate of drug-likeness (QED) is 0.862. The fourth-order valence-corrected chi connectivity index (χ4v) is 2.79. The summed E-state index contributed by atoms with van der Waals surface area (Å²) in [4.78, 5) is 6.41. The molecule has 1 saturated heterocycles. The molecule has 4 heteroatoms. The highest BCUT2D eigenvalue weighted by Gasteiger charge is 2.23. The van der Waals surface area contributed by atoms with Gasteiger partial charge in [0.2, 0.25) is 0 Å². The summed E-state index contributed by atoms with van der Waals surface area (Å²) in [6, 6.07) is 2.37. The van der Waals surface area contributed by atoms with E-state index in [0.717, 1.165) is 30.8 Å². The number of hydrogen-bond donors (Lipinski definition) is 2. The Morgan fingerprint density at radius 3 is 3.06 bits per heavy atom. The van der Waals surface area contributed by atoms with Gasteiger partial charge in [-0.05, 0) is 32.3 Å². The Labute approximate surface area is 109 Å². The van der Waals surface area contributed by atoms with Crippen molar-refractivity contribution in [1.82, 2.24) is 4.98 Å². The van der Waals surface area contributed by atoms with E-state index >= 15 is 0 Å². The zero-order chi connectivity index (χ0) is 13.0. The molecule has 1 aromatic rings. The van der Waals surface area contributed by atoms with Gasteiger partial charge in [-0.15, -0.1) is 0 Å². The van der Waals surface area contributed by atoms with Gasteiger partial charge in [-0.1, -0.05) is 12.8 Å². The predicted molar refractivity (Wildman–Crippen MR) is 74.5 cm³/mol. The topological polar surface area (TPSA) is 62.4 Å². The highest BCUT2D eigenvalue weighted by atomic mass is 16.3. The van der Waals surface area contributed by atoms with Crippen molar-refractivity contribution < 1.29 is 5.11 Å². The number of aliphatic hydroxyl groups is 1. The van der Waals surface area contributed by atoms with Gasteiger partial charge in [0, 0.05) is 18.8 Å². The number of rotatable bonds is 3. The molecule has 1 aliphatic heterocycles. The largest absolute Gasteiger partial charge is 0.396 e. The number of hydrogen-bond acceptors (Lipinski definition) is 4. The Morgan fingerprint density at radius 2 is 2.33 bits per heavy atom. The van der Waals surface area contributed by atoms with Crippen LogP contribution >= 0.6 is 0 Å². The molecule has 0 saturated carbocycles. The van der Waals surface area contributed by atoms with E-state index in [1.807, 2.05) is 13.0 Å². The van der Waals surface area contributed by atoms with Crippen LogP contribution in [0, 0.1) is 0 Å². The molecular formula is C14H23N3O. The zero-order valence-electron chi connectivity index (χ0n) is 11.0. The van der Waals surface area contributed by atoms with E-state index in [-0.39, 0.29) is 6.10 Å². The van der Waals surface area contributed by atoms with Crippen molar-refractivity contribution in [2.24, 2.45) is 0 Å². The first-order valence-corrected chi connectivity index (χ1v) is 6.82. The van der Waals surface area contributed by atoms with Crippen molar-refractivity contribution in [3.63, 3.8) is 0 Å². The SMILES string of the molecule is CC(O)CC1CCCCCN1c1ccncc1N. The molecule has 0 bridgehead atoms. The first-order valence-electron chi connectivity index (χ1n) is 6.82. The fourth-order valence-electron chi connectivity index (χ4n) is 2.79. The summed E-state index contributed by atoms with van der Waals surface area (Å²) < 4.78 is 0. The maximum atomic E-state index is 9.66. The maximum absolute atomic E-state index is 9.66. The molecule has 2 heterocycles. The fraction of sp³-hybridized carbons (Fsp3) is 0.643. The highest BCUT2D eigenvalue weighted by molar-refractivity contribution is 5.66. The Morgan fingerprint density at radius 1 is 1.50 bits per heavy atom. The number of nitrogen functional groups attached to an aromatic ring is 1. The van der Waals surface area contributed by atoms with E-state index in [9.17, 15) is 5.11 Å². The second-order valence-corrected chi connectivity index (χ2v) is 5.22. The van der Waals surface area contributed by atoms with Crippen molar-refractivity contribution in [1.29, 1.82) is 0 Å². The summed E-state index contributed by atoms with van der Waals surface area (Å²) in [6.07, 6.45) is 8.86. The average molecular weight is 249 g/mol. The zero-order valence-corrected chi connectivity index (χ0v) is 11.0. The molecule has 1 aromatic heterocycles. The number of pyridine rings is 1. The third-order valence-corrected chi connectivity index (χ3v) is 3.63. The third kappa shape index (κ3) is 3.13. The van der Waals surface area contributed by atoms with Gasteiger partial charge in [-0.3, -0.25) is 4.98 Å². The van der Waals surface area contributed by atoms with Crippen molar-refractivity contribution in [3.8, 4) is 0 Å². The Kier molecular flexibility index (Phi) is 4.42. The van der Waals surface area contributed by atoms with E-state index in [1.165, 1.54) is 19.3 Å². The van der Waals surface area contributed by atoms with Gasteiger partial charge >= 0.3 is 0 Å². The molecule has 2 rings (SSSR count). The molecule has 0 aliphatic carbocycles. The van der Waals surface area contributed by atoms with Gasteiger partial charge in [-0.2, -0.15) is 0 Å². The van der Waals surface area contributed by atoms with Crippen molar-refractivity contribution in [2.45, 2.75) is 51.2 Å². The van der Waals surface area contributed by atoms with Gasteiger partial charge in [0.25, 0.3) is 0 Å². The smallest absolute Gasteiger partial charge is 0.0738 e. The van der Waals surface area contributed by atoms with Crippen LogP contribution in [0.5, 0.6) is 0 Å². The number of aromatic nitrogens is 1.